The minimum Gasteiger partial charge on any atom is -0.496 e. The molecule has 1 unspecified atom stereocenters. The molecule has 2 aromatic carbocycles. The fraction of sp³-hybridized carbons (Fsp3) is 0.278. The summed E-state index contributed by atoms with van der Waals surface area (Å²) in [6.45, 7) is 2.10. The second-order valence-electron chi connectivity index (χ2n) is 5.02. The first kappa shape index (κ1) is 16.7. The zero-order valence-electron chi connectivity index (χ0n) is 12.6. The third kappa shape index (κ3) is 3.55. The molecule has 0 bridgehead atoms. The minimum absolute atomic E-state index is 0.415. The number of aryl methyl sites for hydroxylation is 1. The Labute approximate surface area is 141 Å². The fourth-order valence-corrected chi connectivity index (χ4v) is 3.15. The van der Waals surface area contributed by atoms with Gasteiger partial charge in [-0.05, 0) is 42.2 Å². The van der Waals surface area contributed by atoms with E-state index in [0.29, 0.717) is 22.0 Å². The van der Waals surface area contributed by atoms with Gasteiger partial charge in [0.15, 0.2) is 0 Å². The molecule has 0 saturated heterocycles. The molecule has 2 nitrogen and oxygen atoms in total. The first-order chi connectivity index (χ1) is 10.6. The van der Waals surface area contributed by atoms with Crippen molar-refractivity contribution in [3.63, 3.8) is 0 Å². The molecule has 0 fully saturated rings. The molecule has 0 heterocycles. The normalized spacial score (nSPS) is 11.8. The van der Waals surface area contributed by atoms with Crippen molar-refractivity contribution in [1.29, 1.82) is 5.26 Å². The Kier molecular flexibility index (Phi) is 5.71. The monoisotopic (exact) mass is 333 g/mol. The molecule has 0 aliphatic heterocycles. The number of halogens is 2. The van der Waals surface area contributed by atoms with Crippen LogP contribution in [0.25, 0.3) is 0 Å². The maximum absolute atomic E-state index is 9.57. The summed E-state index contributed by atoms with van der Waals surface area (Å²) < 4.78 is 5.41. The molecule has 0 aromatic heterocycles. The van der Waals surface area contributed by atoms with Crippen LogP contribution < -0.4 is 4.74 Å². The van der Waals surface area contributed by atoms with Crippen LogP contribution in [0.2, 0.25) is 10.0 Å². The second kappa shape index (κ2) is 7.54. The number of hydrogen-bond acceptors (Lipinski definition) is 2. The van der Waals surface area contributed by atoms with Crippen LogP contribution in [-0.4, -0.2) is 7.11 Å². The molecule has 0 spiro atoms. The minimum atomic E-state index is -0.415. The number of benzene rings is 2. The fourth-order valence-electron chi connectivity index (χ4n) is 2.49. The van der Waals surface area contributed by atoms with Gasteiger partial charge in [-0.25, -0.2) is 0 Å². The molecule has 0 radical (unpaired) electrons. The number of methoxy groups -OCH3 is 1. The predicted octanol–water partition coefficient (Wildman–Crippen LogP) is 5.41. The summed E-state index contributed by atoms with van der Waals surface area (Å²) in [5.74, 6) is 0.364. The van der Waals surface area contributed by atoms with E-state index in [1.165, 1.54) is 5.56 Å². The van der Waals surface area contributed by atoms with Gasteiger partial charge in [-0.2, -0.15) is 5.26 Å². The molecular formula is C18H17Cl2NO. The van der Waals surface area contributed by atoms with Gasteiger partial charge in [0.05, 0.1) is 19.1 Å². The van der Waals surface area contributed by atoms with Gasteiger partial charge < -0.3 is 4.74 Å². The quantitative estimate of drug-likeness (QED) is 0.732. The lowest BCUT2D eigenvalue weighted by Crippen LogP contribution is -2.04. The van der Waals surface area contributed by atoms with Crippen molar-refractivity contribution in [3.05, 3.63) is 63.1 Å². The van der Waals surface area contributed by atoms with E-state index >= 15 is 0 Å². The Morgan fingerprint density at radius 2 is 1.86 bits per heavy atom. The predicted molar refractivity (Wildman–Crippen MR) is 90.9 cm³/mol. The average Bonchev–Trinajstić information content (AvgIpc) is 2.53. The zero-order valence-corrected chi connectivity index (χ0v) is 14.1. The van der Waals surface area contributed by atoms with Gasteiger partial charge >= 0.3 is 0 Å². The van der Waals surface area contributed by atoms with Crippen molar-refractivity contribution in [1.82, 2.24) is 0 Å². The Bertz CT molecular complexity index is 686. The van der Waals surface area contributed by atoms with Gasteiger partial charge in [-0.15, -0.1) is 0 Å². The molecule has 114 valence electrons. The Morgan fingerprint density at radius 1 is 1.18 bits per heavy atom. The highest BCUT2D eigenvalue weighted by molar-refractivity contribution is 6.36. The third-order valence-corrected chi connectivity index (χ3v) is 4.34. The molecule has 0 aliphatic rings. The van der Waals surface area contributed by atoms with Crippen LogP contribution in [0, 0.1) is 11.3 Å². The smallest absolute Gasteiger partial charge is 0.122 e. The molecule has 0 saturated carbocycles. The van der Waals surface area contributed by atoms with E-state index in [2.05, 4.69) is 19.1 Å². The molecule has 22 heavy (non-hydrogen) atoms. The summed E-state index contributed by atoms with van der Waals surface area (Å²) in [6.07, 6.45) is 1.44. The average molecular weight is 334 g/mol. The number of hydrogen-bond donors (Lipinski definition) is 0. The number of nitrogens with zero attached hydrogens (tertiary/aromatic N) is 1. The zero-order chi connectivity index (χ0) is 16.1. The topological polar surface area (TPSA) is 33.0 Å². The summed E-state index contributed by atoms with van der Waals surface area (Å²) in [5, 5.41) is 10.6. The molecule has 2 aromatic rings. The SMILES string of the molecule is CCc1ccc(OC)c(CC(C#N)c2c(Cl)cccc2Cl)c1. The molecule has 4 heteroatoms. The highest BCUT2D eigenvalue weighted by Crippen LogP contribution is 2.35. The maximum atomic E-state index is 9.57. The summed E-state index contributed by atoms with van der Waals surface area (Å²) in [4.78, 5) is 0. The largest absolute Gasteiger partial charge is 0.496 e. The van der Waals surface area contributed by atoms with Crippen LogP contribution in [0.4, 0.5) is 0 Å². The van der Waals surface area contributed by atoms with Crippen LogP contribution >= 0.6 is 23.2 Å². The van der Waals surface area contributed by atoms with E-state index in [4.69, 9.17) is 27.9 Å². The van der Waals surface area contributed by atoms with Crippen LogP contribution in [0.5, 0.6) is 5.75 Å². The Morgan fingerprint density at radius 3 is 2.41 bits per heavy atom. The molecular weight excluding hydrogens is 317 g/mol. The van der Waals surface area contributed by atoms with Crippen molar-refractivity contribution in [2.24, 2.45) is 0 Å². The van der Waals surface area contributed by atoms with E-state index in [1.54, 1.807) is 25.3 Å². The van der Waals surface area contributed by atoms with Gasteiger partial charge in [0.1, 0.15) is 5.75 Å². The standard InChI is InChI=1S/C18H17Cl2NO/c1-3-12-7-8-17(22-2)13(9-12)10-14(11-21)18-15(19)5-4-6-16(18)20/h4-9,14H,3,10H2,1-2H3. The lowest BCUT2D eigenvalue weighted by atomic mass is 9.91. The van der Waals surface area contributed by atoms with Crippen LogP contribution in [-0.2, 0) is 12.8 Å². The van der Waals surface area contributed by atoms with Gasteiger partial charge in [0, 0.05) is 15.6 Å². The molecule has 0 aliphatic carbocycles. The summed E-state index contributed by atoms with van der Waals surface area (Å²) in [7, 11) is 1.63. The van der Waals surface area contributed by atoms with E-state index in [1.807, 2.05) is 12.1 Å². The first-order valence-corrected chi connectivity index (χ1v) is 7.85. The van der Waals surface area contributed by atoms with E-state index in [-0.39, 0.29) is 0 Å². The second-order valence-corrected chi connectivity index (χ2v) is 5.84. The van der Waals surface area contributed by atoms with Crippen LogP contribution in [0.15, 0.2) is 36.4 Å². The van der Waals surface area contributed by atoms with Crippen LogP contribution in [0.1, 0.15) is 29.5 Å². The summed E-state index contributed by atoms with van der Waals surface area (Å²) in [5.41, 5.74) is 2.87. The van der Waals surface area contributed by atoms with Crippen LogP contribution in [0.3, 0.4) is 0 Å². The molecule has 1 atom stereocenters. The molecule has 0 amide bonds. The van der Waals surface area contributed by atoms with Gasteiger partial charge in [-0.1, -0.05) is 48.3 Å². The van der Waals surface area contributed by atoms with E-state index in [9.17, 15) is 5.26 Å². The Balaban J connectivity index is 2.41. The lowest BCUT2D eigenvalue weighted by molar-refractivity contribution is 0.409. The summed E-state index contributed by atoms with van der Waals surface area (Å²) >= 11 is 12.5. The Hall–Kier alpha value is -1.69. The van der Waals surface area contributed by atoms with Crippen molar-refractivity contribution >= 4 is 23.2 Å². The van der Waals surface area contributed by atoms with Crippen molar-refractivity contribution < 1.29 is 4.74 Å². The highest BCUT2D eigenvalue weighted by Gasteiger charge is 2.20. The molecule has 2 rings (SSSR count). The number of nitriles is 1. The van der Waals surface area contributed by atoms with Gasteiger partial charge in [0.2, 0.25) is 0 Å². The van der Waals surface area contributed by atoms with E-state index in [0.717, 1.165) is 17.7 Å². The maximum Gasteiger partial charge on any atom is 0.122 e. The summed E-state index contributed by atoms with van der Waals surface area (Å²) in [6, 6.07) is 13.7. The van der Waals surface area contributed by atoms with Crippen molar-refractivity contribution in [2.75, 3.05) is 7.11 Å². The van der Waals surface area contributed by atoms with Gasteiger partial charge in [0.25, 0.3) is 0 Å². The lowest BCUT2D eigenvalue weighted by Gasteiger charge is -2.16. The number of ether oxygens (including phenoxy) is 1. The third-order valence-electron chi connectivity index (χ3n) is 3.68. The molecule has 0 N–H and O–H groups in total. The van der Waals surface area contributed by atoms with E-state index < -0.39 is 5.92 Å². The van der Waals surface area contributed by atoms with Gasteiger partial charge in [-0.3, -0.25) is 0 Å². The number of rotatable bonds is 5. The van der Waals surface area contributed by atoms with Crippen molar-refractivity contribution in [3.8, 4) is 11.8 Å². The first-order valence-electron chi connectivity index (χ1n) is 7.10. The highest BCUT2D eigenvalue weighted by atomic mass is 35.5. The van der Waals surface area contributed by atoms with Crippen molar-refractivity contribution in [2.45, 2.75) is 25.7 Å².